The molecule has 2 unspecified atom stereocenters. The van der Waals surface area contributed by atoms with Crippen LogP contribution in [0.4, 0.5) is 0 Å². The highest BCUT2D eigenvalue weighted by Gasteiger charge is 2.61. The Kier molecular flexibility index (Phi) is 5.13. The van der Waals surface area contributed by atoms with E-state index in [9.17, 15) is 0 Å². The number of rotatable bonds is 3. The van der Waals surface area contributed by atoms with Crippen LogP contribution < -0.4 is 0 Å². The monoisotopic (exact) mass is 393 g/mol. The largest absolute Gasteiger partial charge is 0.333 e. The molecule has 9 heteroatoms. The van der Waals surface area contributed by atoms with Gasteiger partial charge in [0.05, 0.1) is 6.33 Å². The fourth-order valence-electron chi connectivity index (χ4n) is 2.84. The standard InChI is InChI=1S/C17H12Cl2N2O.HNO3/c18-13-7-5-12(6-8-13)17(14-3-1-2-4-15(14)19)16(22-17)21-10-9-20-11-21;2-1(3)4/h1-11,16H;(H,2,3,4). The molecule has 0 bridgehead atoms. The lowest BCUT2D eigenvalue weighted by Crippen LogP contribution is -2.15. The second kappa shape index (κ2) is 7.33. The third-order valence-corrected chi connectivity index (χ3v) is 4.51. The van der Waals surface area contributed by atoms with Gasteiger partial charge in [-0.1, -0.05) is 53.5 Å². The van der Waals surface area contributed by atoms with Crippen LogP contribution in [-0.4, -0.2) is 19.8 Å². The molecule has 1 aliphatic heterocycles. The Labute approximate surface area is 158 Å². The molecule has 1 aliphatic rings. The first-order chi connectivity index (χ1) is 12.4. The quantitative estimate of drug-likeness (QED) is 0.406. The third-order valence-electron chi connectivity index (χ3n) is 3.93. The first-order valence-electron chi connectivity index (χ1n) is 7.44. The van der Waals surface area contributed by atoms with Crippen molar-refractivity contribution in [2.75, 3.05) is 0 Å². The Morgan fingerprint density at radius 2 is 1.85 bits per heavy atom. The van der Waals surface area contributed by atoms with Crippen LogP contribution in [0, 0.1) is 10.1 Å². The van der Waals surface area contributed by atoms with Crippen molar-refractivity contribution in [3.8, 4) is 0 Å². The van der Waals surface area contributed by atoms with Gasteiger partial charge in [0.25, 0.3) is 5.09 Å². The number of hydrogen-bond donors (Lipinski definition) is 1. The second-order valence-electron chi connectivity index (χ2n) is 5.44. The Morgan fingerprint density at radius 3 is 2.42 bits per heavy atom. The van der Waals surface area contributed by atoms with Gasteiger partial charge in [0, 0.05) is 28.0 Å². The van der Waals surface area contributed by atoms with Crippen molar-refractivity contribution < 1.29 is 15.0 Å². The van der Waals surface area contributed by atoms with E-state index in [2.05, 4.69) is 4.98 Å². The molecule has 2 aromatic carbocycles. The summed E-state index contributed by atoms with van der Waals surface area (Å²) in [5.74, 6) is 0. The van der Waals surface area contributed by atoms with Gasteiger partial charge in [-0.2, -0.15) is 0 Å². The second-order valence-corrected chi connectivity index (χ2v) is 6.28. The minimum absolute atomic E-state index is 0.170. The lowest BCUT2D eigenvalue weighted by Gasteiger charge is -2.16. The lowest BCUT2D eigenvalue weighted by molar-refractivity contribution is -0.742. The van der Waals surface area contributed by atoms with Gasteiger partial charge in [-0.3, -0.25) is 0 Å². The van der Waals surface area contributed by atoms with Crippen molar-refractivity contribution >= 4 is 23.2 Å². The minimum atomic E-state index is -1.50. The molecular formula is C17H13Cl2N3O4. The highest BCUT2D eigenvalue weighted by Crippen LogP contribution is 2.59. The number of benzene rings is 2. The predicted octanol–water partition coefficient (Wildman–Crippen LogP) is 4.31. The molecule has 1 N–H and O–H groups in total. The fraction of sp³-hybridized carbons (Fsp3) is 0.118. The molecule has 3 aromatic rings. The van der Waals surface area contributed by atoms with Gasteiger partial charge in [0.2, 0.25) is 0 Å². The molecule has 4 rings (SSSR count). The Hall–Kier alpha value is -2.61. The summed E-state index contributed by atoms with van der Waals surface area (Å²) in [6.45, 7) is 0. The lowest BCUT2D eigenvalue weighted by atomic mass is 9.90. The summed E-state index contributed by atoms with van der Waals surface area (Å²) in [5, 5.41) is 15.0. The van der Waals surface area contributed by atoms with Crippen molar-refractivity contribution in [1.29, 1.82) is 0 Å². The van der Waals surface area contributed by atoms with Crippen LogP contribution in [0.5, 0.6) is 0 Å². The summed E-state index contributed by atoms with van der Waals surface area (Å²) in [7, 11) is 0. The van der Waals surface area contributed by atoms with E-state index in [4.69, 9.17) is 43.3 Å². The van der Waals surface area contributed by atoms with E-state index < -0.39 is 10.7 Å². The van der Waals surface area contributed by atoms with E-state index in [1.165, 1.54) is 0 Å². The Balaban J connectivity index is 0.000000447. The van der Waals surface area contributed by atoms with Crippen LogP contribution in [-0.2, 0) is 10.3 Å². The van der Waals surface area contributed by atoms with E-state index >= 15 is 0 Å². The van der Waals surface area contributed by atoms with Crippen LogP contribution in [0.1, 0.15) is 17.4 Å². The summed E-state index contributed by atoms with van der Waals surface area (Å²) in [5.41, 5.74) is 1.35. The molecule has 0 spiro atoms. The molecule has 1 aromatic heterocycles. The first-order valence-corrected chi connectivity index (χ1v) is 8.20. The number of epoxide rings is 1. The van der Waals surface area contributed by atoms with Crippen LogP contribution in [0.15, 0.2) is 67.3 Å². The highest BCUT2D eigenvalue weighted by molar-refractivity contribution is 6.31. The highest BCUT2D eigenvalue weighted by atomic mass is 35.5. The summed E-state index contributed by atoms with van der Waals surface area (Å²) < 4.78 is 8.08. The molecule has 0 amide bonds. The van der Waals surface area contributed by atoms with E-state index in [-0.39, 0.29) is 6.23 Å². The minimum Gasteiger partial charge on any atom is -0.333 e. The molecule has 0 aliphatic carbocycles. The van der Waals surface area contributed by atoms with Gasteiger partial charge in [0.1, 0.15) is 0 Å². The van der Waals surface area contributed by atoms with Crippen molar-refractivity contribution in [2.45, 2.75) is 11.8 Å². The van der Waals surface area contributed by atoms with Gasteiger partial charge in [0.15, 0.2) is 11.8 Å². The number of hydrogen-bond acceptors (Lipinski definition) is 4. The SMILES string of the molecule is Clc1ccc(C2(c3ccccc3Cl)OC2n2ccnc2)cc1.O=[N+]([O-])O. The maximum Gasteiger partial charge on any atom is 0.291 e. The molecule has 2 atom stereocenters. The first kappa shape index (κ1) is 18.2. The average Bonchev–Trinajstić information content (AvgIpc) is 3.10. The molecule has 7 nitrogen and oxygen atoms in total. The van der Waals surface area contributed by atoms with E-state index in [1.54, 1.807) is 12.5 Å². The Bertz CT molecular complexity index is 899. The van der Waals surface area contributed by atoms with Crippen LogP contribution in [0.25, 0.3) is 0 Å². The number of aromatic nitrogens is 2. The van der Waals surface area contributed by atoms with Crippen LogP contribution >= 0.6 is 23.2 Å². The maximum absolute atomic E-state index is 8.36. The van der Waals surface area contributed by atoms with Gasteiger partial charge in [-0.15, -0.1) is 10.1 Å². The molecule has 134 valence electrons. The average molecular weight is 394 g/mol. The molecule has 0 saturated carbocycles. The Morgan fingerprint density at radius 1 is 1.19 bits per heavy atom. The van der Waals surface area contributed by atoms with Gasteiger partial charge in [-0.25, -0.2) is 4.98 Å². The smallest absolute Gasteiger partial charge is 0.291 e. The number of halogens is 2. The molecular weight excluding hydrogens is 381 g/mol. The molecule has 2 heterocycles. The van der Waals surface area contributed by atoms with Gasteiger partial charge in [-0.05, 0) is 23.8 Å². The summed E-state index contributed by atoms with van der Waals surface area (Å²) in [6, 6.07) is 15.4. The van der Waals surface area contributed by atoms with E-state index in [1.807, 2.05) is 59.3 Å². The molecule has 1 fully saturated rings. The van der Waals surface area contributed by atoms with Gasteiger partial charge < -0.3 is 14.5 Å². The van der Waals surface area contributed by atoms with Crippen molar-refractivity contribution in [3.63, 3.8) is 0 Å². The number of ether oxygens (including phenoxy) is 1. The molecule has 26 heavy (non-hydrogen) atoms. The van der Waals surface area contributed by atoms with E-state index in [0.29, 0.717) is 10.0 Å². The number of nitrogens with zero attached hydrogens (tertiary/aromatic N) is 3. The summed E-state index contributed by atoms with van der Waals surface area (Å²) in [4.78, 5) is 12.5. The van der Waals surface area contributed by atoms with E-state index in [0.717, 1.165) is 11.1 Å². The van der Waals surface area contributed by atoms with Crippen molar-refractivity contribution in [2.24, 2.45) is 0 Å². The number of imidazole rings is 1. The summed E-state index contributed by atoms with van der Waals surface area (Å²) >= 11 is 12.4. The topological polar surface area (TPSA) is 93.7 Å². The predicted molar refractivity (Wildman–Crippen MR) is 94.8 cm³/mol. The van der Waals surface area contributed by atoms with Crippen molar-refractivity contribution in [1.82, 2.24) is 9.55 Å². The van der Waals surface area contributed by atoms with Crippen LogP contribution in [0.2, 0.25) is 10.0 Å². The zero-order valence-electron chi connectivity index (χ0n) is 13.2. The van der Waals surface area contributed by atoms with Gasteiger partial charge >= 0.3 is 0 Å². The third kappa shape index (κ3) is 3.50. The van der Waals surface area contributed by atoms with Crippen LogP contribution in [0.3, 0.4) is 0 Å². The molecule has 0 radical (unpaired) electrons. The van der Waals surface area contributed by atoms with Crippen molar-refractivity contribution in [3.05, 3.63) is 98.5 Å². The fourth-order valence-corrected chi connectivity index (χ4v) is 3.25. The molecule has 1 saturated heterocycles. The zero-order valence-corrected chi connectivity index (χ0v) is 14.7. The zero-order chi connectivity index (χ0) is 18.7. The normalized spacial score (nSPS) is 20.8. The summed E-state index contributed by atoms with van der Waals surface area (Å²) in [6.07, 6.45) is 5.20. The maximum atomic E-state index is 8.36.